The van der Waals surface area contributed by atoms with Gasteiger partial charge in [0.05, 0.1) is 19.8 Å². The minimum absolute atomic E-state index is 0.0124. The van der Waals surface area contributed by atoms with Gasteiger partial charge in [-0.25, -0.2) is 0 Å². The Labute approximate surface area is 78.8 Å². The molecule has 0 saturated heterocycles. The highest BCUT2D eigenvalue weighted by Gasteiger charge is 2.05. The zero-order valence-electron chi connectivity index (χ0n) is 8.03. The summed E-state index contributed by atoms with van der Waals surface area (Å²) in [6.45, 7) is 6.49. The van der Waals surface area contributed by atoms with Crippen molar-refractivity contribution >= 4 is 0 Å². The van der Waals surface area contributed by atoms with E-state index in [0.29, 0.717) is 32.0 Å². The van der Waals surface area contributed by atoms with Gasteiger partial charge in [-0.1, -0.05) is 13.5 Å². The third kappa shape index (κ3) is 6.57. The molecule has 0 fully saturated rings. The summed E-state index contributed by atoms with van der Waals surface area (Å²) < 4.78 is 10.0. The van der Waals surface area contributed by atoms with Crippen molar-refractivity contribution in [2.24, 2.45) is 0 Å². The lowest BCUT2D eigenvalue weighted by atomic mass is 10.2. The van der Waals surface area contributed by atoms with Crippen molar-refractivity contribution in [2.75, 3.05) is 26.4 Å². The fraction of sp³-hybridized carbons (Fsp3) is 0.778. The van der Waals surface area contributed by atoms with Gasteiger partial charge in [0.15, 0.2) is 0 Å². The Balaban J connectivity index is 3.27. The number of rotatable bonds is 8. The minimum Gasteiger partial charge on any atom is -0.493 e. The van der Waals surface area contributed by atoms with Gasteiger partial charge >= 0.3 is 0 Å². The second kappa shape index (κ2) is 8.04. The van der Waals surface area contributed by atoms with Crippen molar-refractivity contribution in [1.82, 2.24) is 0 Å². The van der Waals surface area contributed by atoms with Gasteiger partial charge in [0.25, 0.3) is 0 Å². The molecule has 0 aromatic carbocycles. The minimum atomic E-state index is -0.599. The van der Waals surface area contributed by atoms with Crippen LogP contribution in [0.25, 0.3) is 0 Å². The lowest BCUT2D eigenvalue weighted by molar-refractivity contribution is 0.0353. The van der Waals surface area contributed by atoms with E-state index in [1.807, 2.05) is 6.92 Å². The van der Waals surface area contributed by atoms with E-state index in [0.717, 1.165) is 0 Å². The van der Waals surface area contributed by atoms with Crippen LogP contribution in [0.15, 0.2) is 12.3 Å². The van der Waals surface area contributed by atoms with E-state index in [-0.39, 0.29) is 6.61 Å². The molecule has 2 N–H and O–H groups in total. The molecule has 1 atom stereocenters. The van der Waals surface area contributed by atoms with Gasteiger partial charge in [0.1, 0.15) is 18.5 Å². The lowest BCUT2D eigenvalue weighted by Gasteiger charge is -2.13. The average molecular weight is 190 g/mol. The van der Waals surface area contributed by atoms with Crippen LogP contribution in [-0.2, 0) is 9.47 Å². The first-order valence-electron chi connectivity index (χ1n) is 4.40. The first-order valence-corrected chi connectivity index (χ1v) is 4.40. The molecule has 0 spiro atoms. The Morgan fingerprint density at radius 3 is 2.62 bits per heavy atom. The van der Waals surface area contributed by atoms with E-state index in [9.17, 15) is 5.11 Å². The maximum absolute atomic E-state index is 9.22. The number of ether oxygens (including phenoxy) is 2. The topological polar surface area (TPSA) is 58.9 Å². The Kier molecular flexibility index (Phi) is 7.68. The summed E-state index contributed by atoms with van der Waals surface area (Å²) in [4.78, 5) is 0. The van der Waals surface area contributed by atoms with Crippen molar-refractivity contribution in [3.8, 4) is 0 Å². The summed E-state index contributed by atoms with van der Waals surface area (Å²) in [7, 11) is 0. The first kappa shape index (κ1) is 12.4. The molecule has 0 aliphatic rings. The quantitative estimate of drug-likeness (QED) is 0.427. The summed E-state index contributed by atoms with van der Waals surface area (Å²) in [5, 5.41) is 17.6. The molecule has 0 aliphatic heterocycles. The molecule has 13 heavy (non-hydrogen) atoms. The SMILES string of the molecule is C=C(OCCOCCO)C(O)CC. The maximum atomic E-state index is 9.22. The van der Waals surface area contributed by atoms with Crippen molar-refractivity contribution in [3.05, 3.63) is 12.3 Å². The maximum Gasteiger partial charge on any atom is 0.117 e. The van der Waals surface area contributed by atoms with Gasteiger partial charge in [-0.2, -0.15) is 0 Å². The third-order valence-electron chi connectivity index (χ3n) is 1.51. The van der Waals surface area contributed by atoms with E-state index in [1.54, 1.807) is 0 Å². The van der Waals surface area contributed by atoms with Gasteiger partial charge in [-0.15, -0.1) is 0 Å². The summed E-state index contributed by atoms with van der Waals surface area (Å²) >= 11 is 0. The Morgan fingerprint density at radius 1 is 1.38 bits per heavy atom. The Hall–Kier alpha value is -0.580. The van der Waals surface area contributed by atoms with Crippen molar-refractivity contribution < 1.29 is 19.7 Å². The van der Waals surface area contributed by atoms with Crippen molar-refractivity contribution in [3.63, 3.8) is 0 Å². The lowest BCUT2D eigenvalue weighted by Crippen LogP contribution is -2.14. The summed E-state index contributed by atoms with van der Waals surface area (Å²) in [5.74, 6) is 0.370. The molecule has 1 unspecified atom stereocenters. The average Bonchev–Trinajstić information content (AvgIpc) is 2.16. The summed E-state index contributed by atoms with van der Waals surface area (Å²) in [6.07, 6.45) is -0.00564. The van der Waals surface area contributed by atoms with Gasteiger partial charge in [-0.05, 0) is 6.42 Å². The molecule has 0 aromatic heterocycles. The third-order valence-corrected chi connectivity index (χ3v) is 1.51. The monoisotopic (exact) mass is 190 g/mol. The molecule has 0 amide bonds. The molecular weight excluding hydrogens is 172 g/mol. The smallest absolute Gasteiger partial charge is 0.117 e. The van der Waals surface area contributed by atoms with Crippen LogP contribution < -0.4 is 0 Å². The van der Waals surface area contributed by atoms with E-state index in [1.165, 1.54) is 0 Å². The van der Waals surface area contributed by atoms with Gasteiger partial charge < -0.3 is 19.7 Å². The largest absolute Gasteiger partial charge is 0.493 e. The molecule has 0 rings (SSSR count). The fourth-order valence-electron chi connectivity index (χ4n) is 0.722. The second-order valence-electron chi connectivity index (χ2n) is 2.57. The number of hydrogen-bond donors (Lipinski definition) is 2. The van der Waals surface area contributed by atoms with Crippen LogP contribution in [0.3, 0.4) is 0 Å². The van der Waals surface area contributed by atoms with E-state index < -0.39 is 6.10 Å². The van der Waals surface area contributed by atoms with Crippen LogP contribution in [0, 0.1) is 0 Å². The first-order chi connectivity index (χ1) is 6.22. The Bertz CT molecular complexity index is 136. The van der Waals surface area contributed by atoms with Crippen molar-refractivity contribution in [1.29, 1.82) is 0 Å². The van der Waals surface area contributed by atoms with E-state index in [2.05, 4.69) is 6.58 Å². The molecule has 0 radical (unpaired) electrons. The highest BCUT2D eigenvalue weighted by atomic mass is 16.5. The van der Waals surface area contributed by atoms with Crippen LogP contribution in [0.5, 0.6) is 0 Å². The zero-order chi connectivity index (χ0) is 10.1. The van der Waals surface area contributed by atoms with Crippen molar-refractivity contribution in [2.45, 2.75) is 19.4 Å². The molecule has 0 saturated carbocycles. The molecule has 0 aromatic rings. The summed E-state index contributed by atoms with van der Waals surface area (Å²) in [6, 6.07) is 0. The van der Waals surface area contributed by atoms with E-state index >= 15 is 0 Å². The molecule has 4 nitrogen and oxygen atoms in total. The fourth-order valence-corrected chi connectivity index (χ4v) is 0.722. The normalized spacial score (nSPS) is 12.5. The zero-order valence-corrected chi connectivity index (χ0v) is 8.03. The molecule has 0 bridgehead atoms. The molecule has 4 heteroatoms. The summed E-state index contributed by atoms with van der Waals surface area (Å²) in [5.41, 5.74) is 0. The Morgan fingerprint density at radius 2 is 2.08 bits per heavy atom. The van der Waals surface area contributed by atoms with Crippen LogP contribution in [0.1, 0.15) is 13.3 Å². The second-order valence-corrected chi connectivity index (χ2v) is 2.57. The molecule has 78 valence electrons. The van der Waals surface area contributed by atoms with Crippen LogP contribution >= 0.6 is 0 Å². The van der Waals surface area contributed by atoms with Gasteiger partial charge in [0, 0.05) is 0 Å². The number of aliphatic hydroxyl groups is 2. The highest BCUT2D eigenvalue weighted by Crippen LogP contribution is 2.04. The predicted octanol–water partition coefficient (Wildman–Crippen LogP) is 0.296. The number of aliphatic hydroxyl groups excluding tert-OH is 2. The van der Waals surface area contributed by atoms with Gasteiger partial charge in [0.2, 0.25) is 0 Å². The van der Waals surface area contributed by atoms with Crippen LogP contribution in [0.2, 0.25) is 0 Å². The standard InChI is InChI=1S/C9H18O4/c1-3-9(11)8(2)13-7-6-12-5-4-10/h9-11H,2-7H2,1H3. The predicted molar refractivity (Wildman–Crippen MR) is 49.3 cm³/mol. The highest BCUT2D eigenvalue weighted by molar-refractivity contribution is 4.90. The molecule has 0 aliphatic carbocycles. The van der Waals surface area contributed by atoms with E-state index in [4.69, 9.17) is 14.6 Å². The van der Waals surface area contributed by atoms with Crippen LogP contribution in [0.4, 0.5) is 0 Å². The van der Waals surface area contributed by atoms with Crippen LogP contribution in [-0.4, -0.2) is 42.7 Å². The molecular formula is C9H18O4. The number of hydrogen-bond acceptors (Lipinski definition) is 4. The van der Waals surface area contributed by atoms with Gasteiger partial charge in [-0.3, -0.25) is 0 Å². The molecule has 0 heterocycles.